The minimum absolute atomic E-state index is 0.109. The molecule has 0 saturated carbocycles. The Balaban J connectivity index is 2.71. The zero-order valence-electron chi connectivity index (χ0n) is 12.4. The van der Waals surface area contributed by atoms with Gasteiger partial charge in [0.2, 0.25) is 0 Å². The van der Waals surface area contributed by atoms with E-state index in [0.29, 0.717) is 32.0 Å². The molecule has 1 rings (SSSR count). The molecule has 0 aromatic carbocycles. The molecule has 1 amide bonds. The van der Waals surface area contributed by atoms with Crippen LogP contribution in [0.1, 0.15) is 17.4 Å². The van der Waals surface area contributed by atoms with Crippen molar-refractivity contribution in [1.29, 1.82) is 0 Å². The lowest BCUT2D eigenvalue weighted by Crippen LogP contribution is -2.36. The van der Waals surface area contributed by atoms with E-state index in [9.17, 15) is 4.79 Å². The van der Waals surface area contributed by atoms with Gasteiger partial charge in [0.1, 0.15) is 5.69 Å². The number of hydrogen-bond donors (Lipinski definition) is 1. The second kappa shape index (κ2) is 9.28. The van der Waals surface area contributed by atoms with E-state index in [-0.39, 0.29) is 5.91 Å². The van der Waals surface area contributed by atoms with E-state index in [0.717, 1.165) is 12.2 Å². The Morgan fingerprint density at radius 3 is 2.35 bits per heavy atom. The van der Waals surface area contributed by atoms with Gasteiger partial charge in [0.05, 0.1) is 25.1 Å². The fraction of sp³-hybridized carbons (Fsp3) is 0.571. The average molecular weight is 281 g/mol. The van der Waals surface area contributed by atoms with Crippen molar-refractivity contribution in [1.82, 2.24) is 9.88 Å². The van der Waals surface area contributed by atoms with Crippen LogP contribution in [0.25, 0.3) is 0 Å². The Hall–Kier alpha value is -1.66. The number of nitrogens with zero attached hydrogens (tertiary/aromatic N) is 2. The third kappa shape index (κ3) is 5.14. The van der Waals surface area contributed by atoms with Crippen molar-refractivity contribution in [2.75, 3.05) is 52.4 Å². The molecule has 1 aromatic heterocycles. The van der Waals surface area contributed by atoms with Gasteiger partial charge in [-0.2, -0.15) is 0 Å². The van der Waals surface area contributed by atoms with Crippen LogP contribution in [-0.4, -0.2) is 62.9 Å². The maximum atomic E-state index is 12.4. The summed E-state index contributed by atoms with van der Waals surface area (Å²) in [5.41, 5.74) is 1.34. The molecule has 0 radical (unpaired) electrons. The first-order valence-electron chi connectivity index (χ1n) is 6.70. The van der Waals surface area contributed by atoms with Crippen molar-refractivity contribution in [2.45, 2.75) is 6.92 Å². The highest BCUT2D eigenvalue weighted by atomic mass is 16.5. The van der Waals surface area contributed by atoms with Crippen LogP contribution in [0.5, 0.6) is 0 Å². The van der Waals surface area contributed by atoms with Gasteiger partial charge in [0, 0.05) is 33.9 Å². The molecule has 0 bridgehead atoms. The van der Waals surface area contributed by atoms with Gasteiger partial charge in [-0.25, -0.2) is 4.98 Å². The largest absolute Gasteiger partial charge is 0.384 e. The van der Waals surface area contributed by atoms with Crippen LogP contribution in [0.2, 0.25) is 0 Å². The van der Waals surface area contributed by atoms with E-state index in [1.54, 1.807) is 31.4 Å². The maximum Gasteiger partial charge on any atom is 0.272 e. The Kier molecular flexibility index (Phi) is 7.60. The number of methoxy groups -OCH3 is 2. The fourth-order valence-corrected chi connectivity index (χ4v) is 1.71. The molecule has 0 spiro atoms. The molecular weight excluding hydrogens is 258 g/mol. The molecule has 1 aromatic rings. The summed E-state index contributed by atoms with van der Waals surface area (Å²) in [7, 11) is 3.23. The number of pyridine rings is 1. The molecule has 6 heteroatoms. The minimum atomic E-state index is -0.109. The molecule has 112 valence electrons. The highest BCUT2D eigenvalue weighted by Crippen LogP contribution is 2.08. The lowest BCUT2D eigenvalue weighted by molar-refractivity contribution is 0.0622. The molecule has 1 N–H and O–H groups in total. The van der Waals surface area contributed by atoms with E-state index in [2.05, 4.69) is 10.3 Å². The van der Waals surface area contributed by atoms with Gasteiger partial charge in [0.25, 0.3) is 5.91 Å². The minimum Gasteiger partial charge on any atom is -0.384 e. The SMILES string of the molecule is CCNc1ccc(C(=O)N(CCOC)CCOC)nc1. The predicted octanol–water partition coefficient (Wildman–Crippen LogP) is 1.25. The highest BCUT2D eigenvalue weighted by Gasteiger charge is 2.16. The smallest absolute Gasteiger partial charge is 0.272 e. The first-order valence-corrected chi connectivity index (χ1v) is 6.70. The van der Waals surface area contributed by atoms with E-state index in [1.807, 2.05) is 13.0 Å². The number of carbonyl (C=O) groups excluding carboxylic acids is 1. The predicted molar refractivity (Wildman–Crippen MR) is 78.1 cm³/mol. The van der Waals surface area contributed by atoms with Crippen molar-refractivity contribution < 1.29 is 14.3 Å². The van der Waals surface area contributed by atoms with Gasteiger partial charge in [-0.1, -0.05) is 0 Å². The summed E-state index contributed by atoms with van der Waals surface area (Å²) in [6, 6.07) is 3.58. The zero-order chi connectivity index (χ0) is 14.8. The van der Waals surface area contributed by atoms with Crippen molar-refractivity contribution >= 4 is 11.6 Å². The average Bonchev–Trinajstić information content (AvgIpc) is 2.48. The number of hydrogen-bond acceptors (Lipinski definition) is 5. The van der Waals surface area contributed by atoms with Crippen molar-refractivity contribution in [3.63, 3.8) is 0 Å². The molecule has 0 fully saturated rings. The number of amides is 1. The normalized spacial score (nSPS) is 10.3. The summed E-state index contributed by atoms with van der Waals surface area (Å²) in [5, 5.41) is 3.14. The molecule has 0 atom stereocenters. The first-order chi connectivity index (χ1) is 9.72. The number of aromatic nitrogens is 1. The topological polar surface area (TPSA) is 63.7 Å². The lowest BCUT2D eigenvalue weighted by atomic mass is 10.3. The number of anilines is 1. The van der Waals surface area contributed by atoms with E-state index in [4.69, 9.17) is 9.47 Å². The Labute approximate surface area is 120 Å². The van der Waals surface area contributed by atoms with Gasteiger partial charge in [0.15, 0.2) is 0 Å². The number of nitrogens with one attached hydrogen (secondary N) is 1. The Morgan fingerprint density at radius 2 is 1.90 bits per heavy atom. The second-order valence-corrected chi connectivity index (χ2v) is 4.24. The Morgan fingerprint density at radius 1 is 1.25 bits per heavy atom. The van der Waals surface area contributed by atoms with Gasteiger partial charge in [-0.3, -0.25) is 4.79 Å². The molecule has 0 unspecified atom stereocenters. The summed E-state index contributed by atoms with van der Waals surface area (Å²) >= 11 is 0. The van der Waals surface area contributed by atoms with Gasteiger partial charge in [-0.15, -0.1) is 0 Å². The van der Waals surface area contributed by atoms with Crippen LogP contribution in [0.3, 0.4) is 0 Å². The Bertz CT molecular complexity index is 387. The molecule has 20 heavy (non-hydrogen) atoms. The van der Waals surface area contributed by atoms with Crippen molar-refractivity contribution in [2.24, 2.45) is 0 Å². The van der Waals surface area contributed by atoms with Gasteiger partial charge in [-0.05, 0) is 19.1 Å². The standard InChI is InChI=1S/C14H23N3O3/c1-4-15-12-5-6-13(16-11-12)14(18)17(7-9-19-2)8-10-20-3/h5-6,11,15H,4,7-10H2,1-3H3. The lowest BCUT2D eigenvalue weighted by Gasteiger charge is -2.21. The molecule has 1 heterocycles. The summed E-state index contributed by atoms with van der Waals surface area (Å²) in [5.74, 6) is -0.109. The number of carbonyl (C=O) groups is 1. The van der Waals surface area contributed by atoms with Gasteiger partial charge < -0.3 is 19.7 Å². The third-order valence-electron chi connectivity index (χ3n) is 2.78. The highest BCUT2D eigenvalue weighted by molar-refractivity contribution is 5.92. The summed E-state index contributed by atoms with van der Waals surface area (Å²) in [4.78, 5) is 18.2. The summed E-state index contributed by atoms with van der Waals surface area (Å²) in [6.07, 6.45) is 1.67. The summed E-state index contributed by atoms with van der Waals surface area (Å²) in [6.45, 7) is 4.86. The number of rotatable bonds is 9. The van der Waals surface area contributed by atoms with Crippen molar-refractivity contribution in [3.05, 3.63) is 24.0 Å². The number of ether oxygens (including phenoxy) is 2. The van der Waals surface area contributed by atoms with E-state index < -0.39 is 0 Å². The van der Waals surface area contributed by atoms with Crippen LogP contribution in [0.15, 0.2) is 18.3 Å². The second-order valence-electron chi connectivity index (χ2n) is 4.24. The first kappa shape index (κ1) is 16.4. The van der Waals surface area contributed by atoms with Crippen LogP contribution in [-0.2, 0) is 9.47 Å². The van der Waals surface area contributed by atoms with Crippen LogP contribution < -0.4 is 5.32 Å². The molecule has 0 aliphatic rings. The molecule has 0 aliphatic carbocycles. The van der Waals surface area contributed by atoms with Crippen LogP contribution in [0, 0.1) is 0 Å². The molecular formula is C14H23N3O3. The quantitative estimate of drug-likeness (QED) is 0.738. The third-order valence-corrected chi connectivity index (χ3v) is 2.78. The molecule has 0 saturated heterocycles. The van der Waals surface area contributed by atoms with Gasteiger partial charge >= 0.3 is 0 Å². The fourth-order valence-electron chi connectivity index (χ4n) is 1.71. The zero-order valence-corrected chi connectivity index (χ0v) is 12.4. The van der Waals surface area contributed by atoms with Crippen LogP contribution >= 0.6 is 0 Å². The molecule has 6 nitrogen and oxygen atoms in total. The maximum absolute atomic E-state index is 12.4. The molecule has 0 aliphatic heterocycles. The monoisotopic (exact) mass is 281 g/mol. The van der Waals surface area contributed by atoms with Crippen LogP contribution in [0.4, 0.5) is 5.69 Å². The summed E-state index contributed by atoms with van der Waals surface area (Å²) < 4.78 is 10.0. The van der Waals surface area contributed by atoms with E-state index in [1.165, 1.54) is 0 Å². The van der Waals surface area contributed by atoms with Crippen molar-refractivity contribution in [3.8, 4) is 0 Å². The van der Waals surface area contributed by atoms with E-state index >= 15 is 0 Å².